The van der Waals surface area contributed by atoms with E-state index in [1.165, 1.54) is 11.3 Å². The lowest BCUT2D eigenvalue weighted by atomic mass is 10.0. The third-order valence-electron chi connectivity index (χ3n) is 5.54. The number of carbonyl (C=O) groups excluding carboxylic acids is 3. The zero-order chi connectivity index (χ0) is 21.6. The number of nitrogens with zero attached hydrogens (tertiary/aromatic N) is 1. The molecule has 1 atom stereocenters. The van der Waals surface area contributed by atoms with E-state index in [1.54, 1.807) is 6.07 Å². The second kappa shape index (κ2) is 9.78. The molecule has 7 nitrogen and oxygen atoms in total. The molecule has 3 aromatic rings. The molecule has 8 heteroatoms. The molecule has 0 aliphatic carbocycles. The third kappa shape index (κ3) is 5.14. The van der Waals surface area contributed by atoms with Gasteiger partial charge in [0.25, 0.3) is 5.91 Å². The SMILES string of the molecule is O=C(NC(Cc1c[nH]c2ccccc12)C(=O)NCCCN1CCCC1=O)c1cccs1. The number of likely N-dealkylation sites (tertiary alicyclic amines) is 1. The van der Waals surface area contributed by atoms with Crippen LogP contribution < -0.4 is 10.6 Å². The van der Waals surface area contributed by atoms with E-state index in [-0.39, 0.29) is 17.7 Å². The molecule has 4 rings (SSSR count). The second-order valence-corrected chi connectivity index (χ2v) is 8.64. The first-order valence-corrected chi connectivity index (χ1v) is 11.4. The van der Waals surface area contributed by atoms with Crippen molar-refractivity contribution in [1.82, 2.24) is 20.5 Å². The standard InChI is InChI=1S/C23H26N4O3S/c28-21-9-3-11-27(21)12-5-10-24-22(29)19(26-23(30)20-8-4-13-31-20)14-16-15-25-18-7-2-1-6-17(16)18/h1-2,4,6-8,13,15,19,25H,3,5,9-12,14H2,(H,24,29)(H,26,30). The Kier molecular flexibility index (Phi) is 6.66. The van der Waals surface area contributed by atoms with E-state index in [1.807, 2.05) is 46.8 Å². The number of amides is 3. The lowest BCUT2D eigenvalue weighted by Crippen LogP contribution is -2.48. The Morgan fingerprint density at radius 3 is 2.84 bits per heavy atom. The summed E-state index contributed by atoms with van der Waals surface area (Å²) in [5.41, 5.74) is 1.97. The maximum absolute atomic E-state index is 13.0. The molecule has 0 spiro atoms. The maximum Gasteiger partial charge on any atom is 0.262 e. The van der Waals surface area contributed by atoms with Gasteiger partial charge in [-0.3, -0.25) is 14.4 Å². The van der Waals surface area contributed by atoms with E-state index in [0.29, 0.717) is 37.2 Å². The van der Waals surface area contributed by atoms with Crippen molar-refractivity contribution < 1.29 is 14.4 Å². The Hall–Kier alpha value is -3.13. The van der Waals surface area contributed by atoms with Gasteiger partial charge in [0.05, 0.1) is 4.88 Å². The topological polar surface area (TPSA) is 94.3 Å². The van der Waals surface area contributed by atoms with Gasteiger partial charge in [0.15, 0.2) is 0 Å². The number of para-hydroxylation sites is 1. The Morgan fingerprint density at radius 1 is 1.19 bits per heavy atom. The minimum atomic E-state index is -0.692. The molecule has 1 fully saturated rings. The predicted molar refractivity (Wildman–Crippen MR) is 121 cm³/mol. The van der Waals surface area contributed by atoms with Gasteiger partial charge in [0.2, 0.25) is 11.8 Å². The van der Waals surface area contributed by atoms with Crippen molar-refractivity contribution in [2.75, 3.05) is 19.6 Å². The smallest absolute Gasteiger partial charge is 0.262 e. The number of aromatic amines is 1. The molecule has 2 aromatic heterocycles. The Bertz CT molecular complexity index is 1060. The van der Waals surface area contributed by atoms with Crippen LogP contribution in [0.1, 0.15) is 34.5 Å². The number of carbonyl (C=O) groups is 3. The molecule has 1 saturated heterocycles. The average Bonchev–Trinajstić information content (AvgIpc) is 3.53. The lowest BCUT2D eigenvalue weighted by molar-refractivity contribution is -0.127. The highest BCUT2D eigenvalue weighted by Gasteiger charge is 2.24. The fourth-order valence-electron chi connectivity index (χ4n) is 3.91. The average molecular weight is 439 g/mol. The lowest BCUT2D eigenvalue weighted by Gasteiger charge is -2.19. The Labute approximate surface area is 184 Å². The van der Waals surface area contributed by atoms with Crippen LogP contribution in [-0.4, -0.2) is 53.3 Å². The normalized spacial score (nSPS) is 14.7. The number of rotatable bonds is 9. The highest BCUT2D eigenvalue weighted by molar-refractivity contribution is 7.12. The van der Waals surface area contributed by atoms with E-state index in [2.05, 4.69) is 15.6 Å². The fourth-order valence-corrected chi connectivity index (χ4v) is 4.54. The number of fused-ring (bicyclic) bond motifs is 1. The van der Waals surface area contributed by atoms with Crippen LogP contribution in [0, 0.1) is 0 Å². The highest BCUT2D eigenvalue weighted by Crippen LogP contribution is 2.19. The molecule has 1 unspecified atom stereocenters. The highest BCUT2D eigenvalue weighted by atomic mass is 32.1. The zero-order valence-corrected chi connectivity index (χ0v) is 18.0. The van der Waals surface area contributed by atoms with Crippen molar-refractivity contribution in [3.8, 4) is 0 Å². The molecule has 0 radical (unpaired) electrons. The van der Waals surface area contributed by atoms with Crippen molar-refractivity contribution in [3.63, 3.8) is 0 Å². The van der Waals surface area contributed by atoms with Gasteiger partial charge < -0.3 is 20.5 Å². The van der Waals surface area contributed by atoms with Crippen molar-refractivity contribution in [2.24, 2.45) is 0 Å². The van der Waals surface area contributed by atoms with Crippen molar-refractivity contribution in [2.45, 2.75) is 31.7 Å². The van der Waals surface area contributed by atoms with Crippen molar-refractivity contribution in [1.29, 1.82) is 0 Å². The largest absolute Gasteiger partial charge is 0.361 e. The van der Waals surface area contributed by atoms with Gasteiger partial charge in [-0.15, -0.1) is 11.3 Å². The van der Waals surface area contributed by atoms with E-state index in [4.69, 9.17) is 0 Å². The summed E-state index contributed by atoms with van der Waals surface area (Å²) in [7, 11) is 0. The van der Waals surface area contributed by atoms with Crippen LogP contribution in [0.2, 0.25) is 0 Å². The third-order valence-corrected chi connectivity index (χ3v) is 6.41. The number of hydrogen-bond donors (Lipinski definition) is 3. The van der Waals surface area contributed by atoms with E-state index >= 15 is 0 Å². The fraction of sp³-hybridized carbons (Fsp3) is 0.348. The minimum Gasteiger partial charge on any atom is -0.361 e. The number of aromatic nitrogens is 1. The van der Waals surface area contributed by atoms with Crippen LogP contribution in [0.15, 0.2) is 48.0 Å². The van der Waals surface area contributed by atoms with Gasteiger partial charge >= 0.3 is 0 Å². The van der Waals surface area contributed by atoms with Crippen LogP contribution in [0.4, 0.5) is 0 Å². The Morgan fingerprint density at radius 2 is 2.06 bits per heavy atom. The van der Waals surface area contributed by atoms with Crippen LogP contribution in [0.3, 0.4) is 0 Å². The summed E-state index contributed by atoms with van der Waals surface area (Å²) in [4.78, 5) is 42.9. The summed E-state index contributed by atoms with van der Waals surface area (Å²) in [6.07, 6.45) is 4.50. The first kappa shape index (κ1) is 21.1. The molecule has 3 heterocycles. The molecule has 3 N–H and O–H groups in total. The van der Waals surface area contributed by atoms with E-state index in [0.717, 1.165) is 29.4 Å². The summed E-state index contributed by atoms with van der Waals surface area (Å²) >= 11 is 1.34. The van der Waals surface area contributed by atoms with Gasteiger partial charge in [-0.05, 0) is 35.9 Å². The summed E-state index contributed by atoms with van der Waals surface area (Å²) < 4.78 is 0. The van der Waals surface area contributed by atoms with Gasteiger partial charge in [-0.2, -0.15) is 0 Å². The Balaban J connectivity index is 1.40. The molecule has 162 valence electrons. The molecule has 1 aliphatic rings. The number of thiophene rings is 1. The van der Waals surface area contributed by atoms with Crippen molar-refractivity contribution in [3.05, 3.63) is 58.4 Å². The second-order valence-electron chi connectivity index (χ2n) is 7.70. The summed E-state index contributed by atoms with van der Waals surface area (Å²) in [6.45, 7) is 1.91. The maximum atomic E-state index is 13.0. The first-order valence-electron chi connectivity index (χ1n) is 10.6. The number of nitrogens with one attached hydrogen (secondary N) is 3. The molecule has 1 aliphatic heterocycles. The summed E-state index contributed by atoms with van der Waals surface area (Å²) in [6, 6.07) is 10.8. The number of hydrogen-bond acceptors (Lipinski definition) is 4. The van der Waals surface area contributed by atoms with E-state index in [9.17, 15) is 14.4 Å². The van der Waals surface area contributed by atoms with Gasteiger partial charge in [0, 0.05) is 49.6 Å². The van der Waals surface area contributed by atoms with Gasteiger partial charge in [-0.25, -0.2) is 0 Å². The minimum absolute atomic E-state index is 0.187. The molecule has 31 heavy (non-hydrogen) atoms. The summed E-state index contributed by atoms with van der Waals surface area (Å²) in [5.74, 6) is -0.285. The first-order chi connectivity index (χ1) is 15.1. The number of benzene rings is 1. The van der Waals surface area contributed by atoms with Gasteiger partial charge in [0.1, 0.15) is 6.04 Å². The molecular weight excluding hydrogens is 412 g/mol. The molecule has 0 saturated carbocycles. The molecule has 0 bridgehead atoms. The van der Waals surface area contributed by atoms with E-state index < -0.39 is 6.04 Å². The molecule has 3 amide bonds. The van der Waals surface area contributed by atoms with Gasteiger partial charge in [-0.1, -0.05) is 24.3 Å². The molecular formula is C23H26N4O3S. The van der Waals surface area contributed by atoms with Crippen LogP contribution in [0.25, 0.3) is 10.9 Å². The van der Waals surface area contributed by atoms with Crippen LogP contribution in [-0.2, 0) is 16.0 Å². The summed E-state index contributed by atoms with van der Waals surface area (Å²) in [5, 5.41) is 8.70. The predicted octanol–water partition coefficient (Wildman–Crippen LogP) is 2.70. The number of H-pyrrole nitrogens is 1. The molecule has 1 aromatic carbocycles. The van der Waals surface area contributed by atoms with Crippen LogP contribution in [0.5, 0.6) is 0 Å². The van der Waals surface area contributed by atoms with Crippen LogP contribution >= 0.6 is 11.3 Å². The quantitative estimate of drug-likeness (QED) is 0.449. The zero-order valence-electron chi connectivity index (χ0n) is 17.2. The van der Waals surface area contributed by atoms with Crippen molar-refractivity contribution >= 4 is 40.0 Å². The monoisotopic (exact) mass is 438 g/mol.